The van der Waals surface area contributed by atoms with Crippen LogP contribution in [0.5, 0.6) is 0 Å². The molecule has 0 bridgehead atoms. The predicted molar refractivity (Wildman–Crippen MR) is 87.3 cm³/mol. The maximum absolute atomic E-state index is 13.2. The van der Waals surface area contributed by atoms with E-state index in [-0.39, 0.29) is 17.8 Å². The number of carbonyl (C=O) groups excluding carboxylic acids is 3. The molecule has 126 valence electrons. The Morgan fingerprint density at radius 3 is 2.54 bits per heavy atom. The van der Waals surface area contributed by atoms with Crippen LogP contribution in [0, 0.1) is 6.92 Å². The number of rotatable bonds is 2. The van der Waals surface area contributed by atoms with Crippen LogP contribution < -0.4 is 0 Å². The van der Waals surface area contributed by atoms with Crippen LogP contribution in [-0.4, -0.2) is 65.3 Å². The Morgan fingerprint density at radius 1 is 1.17 bits per heavy atom. The lowest BCUT2D eigenvalue weighted by atomic mass is 9.90. The van der Waals surface area contributed by atoms with Crippen molar-refractivity contribution in [1.29, 1.82) is 0 Å². The van der Waals surface area contributed by atoms with Gasteiger partial charge in [-0.1, -0.05) is 24.3 Å². The topological polar surface area (TPSA) is 60.9 Å². The van der Waals surface area contributed by atoms with Crippen molar-refractivity contribution in [2.24, 2.45) is 0 Å². The number of amides is 4. The molecule has 0 N–H and O–H groups in total. The minimum atomic E-state index is -0.520. The lowest BCUT2D eigenvalue weighted by Gasteiger charge is -2.37. The maximum Gasteiger partial charge on any atom is 0.327 e. The average Bonchev–Trinajstić information content (AvgIpc) is 3.37. The summed E-state index contributed by atoms with van der Waals surface area (Å²) >= 11 is 0. The van der Waals surface area contributed by atoms with Gasteiger partial charge in [-0.3, -0.25) is 14.5 Å². The Balaban J connectivity index is 1.58. The highest BCUT2D eigenvalue weighted by molar-refractivity contribution is 6.04. The number of imide groups is 1. The predicted octanol–water partition coefficient (Wildman–Crippen LogP) is 1.13. The third kappa shape index (κ3) is 1.98. The molecule has 3 fully saturated rings. The number of urea groups is 1. The molecule has 2 aliphatic heterocycles. The monoisotopic (exact) mass is 327 g/mol. The van der Waals surface area contributed by atoms with Gasteiger partial charge in [0.15, 0.2) is 0 Å². The Labute approximate surface area is 141 Å². The lowest BCUT2D eigenvalue weighted by molar-refractivity contribution is -0.138. The first-order valence-electron chi connectivity index (χ1n) is 8.39. The zero-order chi connectivity index (χ0) is 17.1. The van der Waals surface area contributed by atoms with Crippen LogP contribution in [-0.2, 0) is 15.0 Å². The number of hydrogen-bond donors (Lipinski definition) is 0. The second kappa shape index (κ2) is 5.06. The van der Waals surface area contributed by atoms with Crippen LogP contribution in [0.15, 0.2) is 24.3 Å². The molecule has 0 radical (unpaired) electrons. The van der Waals surface area contributed by atoms with Crippen molar-refractivity contribution in [3.8, 4) is 0 Å². The number of carbonyl (C=O) groups is 3. The Bertz CT molecular complexity index is 741. The fourth-order valence-electron chi connectivity index (χ4n) is 4.05. The number of likely N-dealkylation sites (N-methyl/N-ethyl adjacent to an activating group) is 1. The third-order valence-corrected chi connectivity index (χ3v) is 5.64. The number of piperazine rings is 1. The molecule has 1 aromatic carbocycles. The van der Waals surface area contributed by atoms with Gasteiger partial charge >= 0.3 is 6.03 Å². The Kier molecular flexibility index (Phi) is 3.20. The number of benzene rings is 1. The minimum absolute atomic E-state index is 0.103. The van der Waals surface area contributed by atoms with Crippen molar-refractivity contribution < 1.29 is 14.4 Å². The molecule has 1 aromatic rings. The van der Waals surface area contributed by atoms with E-state index in [1.54, 1.807) is 9.80 Å². The van der Waals surface area contributed by atoms with E-state index in [1.165, 1.54) is 7.05 Å². The SMILES string of the molecule is Cc1ccccc1C1(C(=O)N2CCN3C(=O)N(C)C(=O)C3C2)CC1. The standard InChI is InChI=1S/C18H21N3O3/c1-12-5-3-4-6-13(12)18(7-8-18)16(23)20-9-10-21-14(11-20)15(22)19(2)17(21)24/h3-6,14H,7-11H2,1-2H3. The van der Waals surface area contributed by atoms with Gasteiger partial charge in [0.25, 0.3) is 5.91 Å². The summed E-state index contributed by atoms with van der Waals surface area (Å²) in [4.78, 5) is 42.0. The van der Waals surface area contributed by atoms with Gasteiger partial charge in [0.2, 0.25) is 5.91 Å². The van der Waals surface area contributed by atoms with Crippen molar-refractivity contribution >= 4 is 17.8 Å². The fraction of sp³-hybridized carbons (Fsp3) is 0.500. The van der Waals surface area contributed by atoms with E-state index in [2.05, 4.69) is 0 Å². The summed E-state index contributed by atoms with van der Waals surface area (Å²) in [5.74, 6) is -0.107. The Morgan fingerprint density at radius 2 is 1.88 bits per heavy atom. The van der Waals surface area contributed by atoms with Gasteiger partial charge in [-0.2, -0.15) is 0 Å². The van der Waals surface area contributed by atoms with Crippen LogP contribution in [0.25, 0.3) is 0 Å². The third-order valence-electron chi connectivity index (χ3n) is 5.64. The van der Waals surface area contributed by atoms with Crippen molar-refractivity contribution in [1.82, 2.24) is 14.7 Å². The molecule has 1 aliphatic carbocycles. The summed E-state index contributed by atoms with van der Waals surface area (Å²) in [7, 11) is 1.50. The lowest BCUT2D eigenvalue weighted by Crippen LogP contribution is -2.56. The normalized spacial score (nSPS) is 25.1. The van der Waals surface area contributed by atoms with E-state index in [0.717, 1.165) is 28.9 Å². The summed E-state index contributed by atoms with van der Waals surface area (Å²) in [6, 6.07) is 7.26. The van der Waals surface area contributed by atoms with Gasteiger partial charge in [-0.15, -0.1) is 0 Å². The van der Waals surface area contributed by atoms with Gasteiger partial charge in [0.05, 0.1) is 12.0 Å². The molecule has 1 saturated carbocycles. The van der Waals surface area contributed by atoms with Gasteiger partial charge in [0, 0.05) is 20.1 Å². The van der Waals surface area contributed by atoms with Crippen molar-refractivity contribution in [3.05, 3.63) is 35.4 Å². The highest BCUT2D eigenvalue weighted by Gasteiger charge is 2.55. The minimum Gasteiger partial charge on any atom is -0.338 e. The molecule has 2 saturated heterocycles. The van der Waals surface area contributed by atoms with Crippen LogP contribution in [0.3, 0.4) is 0 Å². The summed E-state index contributed by atoms with van der Waals surface area (Å²) in [5.41, 5.74) is 1.81. The maximum atomic E-state index is 13.2. The molecule has 0 spiro atoms. The molecule has 24 heavy (non-hydrogen) atoms. The van der Waals surface area contributed by atoms with E-state index in [0.29, 0.717) is 19.6 Å². The van der Waals surface area contributed by atoms with E-state index in [9.17, 15) is 14.4 Å². The number of hydrogen-bond acceptors (Lipinski definition) is 3. The van der Waals surface area contributed by atoms with Gasteiger partial charge in [0.1, 0.15) is 6.04 Å². The summed E-state index contributed by atoms with van der Waals surface area (Å²) in [6.45, 7) is 3.26. The van der Waals surface area contributed by atoms with E-state index in [1.807, 2.05) is 31.2 Å². The summed E-state index contributed by atoms with van der Waals surface area (Å²) in [5, 5.41) is 0. The summed E-state index contributed by atoms with van der Waals surface area (Å²) in [6.07, 6.45) is 1.71. The smallest absolute Gasteiger partial charge is 0.327 e. The first-order chi connectivity index (χ1) is 11.5. The quantitative estimate of drug-likeness (QED) is 0.765. The highest BCUT2D eigenvalue weighted by atomic mass is 16.2. The number of fused-ring (bicyclic) bond motifs is 1. The first-order valence-corrected chi connectivity index (χ1v) is 8.39. The molecule has 4 rings (SSSR count). The van der Waals surface area contributed by atoms with Crippen molar-refractivity contribution in [2.75, 3.05) is 26.7 Å². The summed E-state index contributed by atoms with van der Waals surface area (Å²) < 4.78 is 0. The van der Waals surface area contributed by atoms with E-state index < -0.39 is 11.5 Å². The second-order valence-electron chi connectivity index (χ2n) is 7.04. The zero-order valence-electron chi connectivity index (χ0n) is 14.0. The molecule has 2 heterocycles. The molecule has 1 atom stereocenters. The molecular formula is C18H21N3O3. The first kappa shape index (κ1) is 15.2. The largest absolute Gasteiger partial charge is 0.338 e. The van der Waals surface area contributed by atoms with Crippen molar-refractivity contribution in [3.63, 3.8) is 0 Å². The van der Waals surface area contributed by atoms with E-state index in [4.69, 9.17) is 0 Å². The van der Waals surface area contributed by atoms with Gasteiger partial charge in [-0.05, 0) is 30.9 Å². The van der Waals surface area contributed by atoms with Crippen LogP contribution in [0.1, 0.15) is 24.0 Å². The average molecular weight is 327 g/mol. The second-order valence-corrected chi connectivity index (χ2v) is 7.04. The molecule has 4 amide bonds. The van der Waals surface area contributed by atoms with E-state index >= 15 is 0 Å². The van der Waals surface area contributed by atoms with Crippen molar-refractivity contribution in [2.45, 2.75) is 31.2 Å². The molecule has 1 unspecified atom stereocenters. The Hall–Kier alpha value is -2.37. The molecule has 0 aromatic heterocycles. The van der Waals surface area contributed by atoms with Crippen LogP contribution in [0.4, 0.5) is 4.79 Å². The van der Waals surface area contributed by atoms with Gasteiger partial charge < -0.3 is 9.80 Å². The molecule has 3 aliphatic rings. The number of aryl methyl sites for hydroxylation is 1. The highest BCUT2D eigenvalue weighted by Crippen LogP contribution is 2.50. The van der Waals surface area contributed by atoms with Gasteiger partial charge in [-0.25, -0.2) is 4.79 Å². The number of nitrogens with zero attached hydrogens (tertiary/aromatic N) is 3. The fourth-order valence-corrected chi connectivity index (χ4v) is 4.05. The molecule has 6 heteroatoms. The molecular weight excluding hydrogens is 306 g/mol. The van der Waals surface area contributed by atoms with Crippen LogP contribution >= 0.6 is 0 Å². The molecule has 6 nitrogen and oxygen atoms in total. The zero-order valence-corrected chi connectivity index (χ0v) is 14.0. The van der Waals surface area contributed by atoms with Crippen LogP contribution in [0.2, 0.25) is 0 Å².